The zero-order chi connectivity index (χ0) is 59.0. The number of esters is 4. The fourth-order valence-corrected chi connectivity index (χ4v) is 10.2. The van der Waals surface area contributed by atoms with Crippen molar-refractivity contribution >= 4 is 39.5 Å². The quantitative estimate of drug-likeness (QED) is 0.0222. The normalized spacial score (nSPS) is 15.6. The van der Waals surface area contributed by atoms with Crippen LogP contribution in [0.3, 0.4) is 0 Å². The largest absolute Gasteiger partial charge is 0.472 e. The molecule has 79 heavy (non-hydrogen) atoms. The van der Waals surface area contributed by atoms with Crippen molar-refractivity contribution in [1.82, 2.24) is 0 Å². The molecule has 8 atom stereocenters. The minimum Gasteiger partial charge on any atom is -0.462 e. The Labute approximate surface area is 479 Å². The fourth-order valence-electron chi connectivity index (χ4n) is 8.62. The first-order valence-corrected chi connectivity index (χ1v) is 34.3. The van der Waals surface area contributed by atoms with Gasteiger partial charge in [-0.1, -0.05) is 229 Å². The summed E-state index contributed by atoms with van der Waals surface area (Å²) in [5.41, 5.74) is 0. The summed E-state index contributed by atoms with van der Waals surface area (Å²) in [7, 11) is -9.88. The van der Waals surface area contributed by atoms with Crippen molar-refractivity contribution in [2.24, 2.45) is 23.7 Å². The van der Waals surface area contributed by atoms with E-state index in [1.807, 2.05) is 0 Å². The number of unbranched alkanes of at least 4 members (excludes halogenated alkanes) is 20. The smallest absolute Gasteiger partial charge is 0.462 e. The van der Waals surface area contributed by atoms with Crippen molar-refractivity contribution in [2.45, 2.75) is 298 Å². The Hall–Kier alpha value is -1.94. The van der Waals surface area contributed by atoms with E-state index in [1.54, 1.807) is 0 Å². The predicted molar refractivity (Wildman–Crippen MR) is 312 cm³/mol. The lowest BCUT2D eigenvalue weighted by molar-refractivity contribution is -0.161. The van der Waals surface area contributed by atoms with Crippen LogP contribution in [0, 0.1) is 23.7 Å². The van der Waals surface area contributed by atoms with Gasteiger partial charge in [0.2, 0.25) is 0 Å². The molecule has 0 aliphatic heterocycles. The molecule has 468 valence electrons. The number of carbonyl (C=O) groups excluding carboxylic acids is 4. The molecule has 0 saturated heterocycles. The van der Waals surface area contributed by atoms with Crippen molar-refractivity contribution in [3.05, 3.63) is 0 Å². The minimum atomic E-state index is -4.94. The highest BCUT2D eigenvalue weighted by Gasteiger charge is 2.30. The molecular formula is C60H116O17P2. The average molecular weight is 1170 g/mol. The van der Waals surface area contributed by atoms with E-state index in [4.69, 9.17) is 37.0 Å². The van der Waals surface area contributed by atoms with E-state index in [9.17, 15) is 43.2 Å². The van der Waals surface area contributed by atoms with Gasteiger partial charge in [-0.05, 0) is 49.4 Å². The maximum absolute atomic E-state index is 12.9. The van der Waals surface area contributed by atoms with Gasteiger partial charge in [-0.2, -0.15) is 0 Å². The molecule has 0 radical (unpaired) electrons. The summed E-state index contributed by atoms with van der Waals surface area (Å²) in [4.78, 5) is 72.0. The molecule has 0 rings (SSSR count). The standard InChI is InChI=1S/C60H116O17P2/c1-9-51(6)37-29-21-13-17-25-33-41-58(63)71-47-56(77-60(65)43-35-27-19-15-23-31-39-53(8)11-3)49-75-79(68,69)73-45-54(61)44-72-78(66,67)74-48-55(46-70-57(62)40-32-24-16-12-20-28-36-50(4)5)76-59(64)42-34-26-18-14-22-30-38-52(7)10-2/h50-56,61H,9-49H2,1-8H3,(H,66,67)(H,68,69)/t51?,52?,53?,54-,55-,56-/m1/s1. The molecule has 0 aromatic carbocycles. The van der Waals surface area contributed by atoms with Gasteiger partial charge >= 0.3 is 39.5 Å². The Kier molecular flexibility index (Phi) is 49.3. The van der Waals surface area contributed by atoms with E-state index in [1.165, 1.54) is 70.6 Å². The third kappa shape index (κ3) is 51.4. The van der Waals surface area contributed by atoms with Gasteiger partial charge < -0.3 is 33.8 Å². The third-order valence-corrected chi connectivity index (χ3v) is 16.6. The van der Waals surface area contributed by atoms with Crippen LogP contribution in [0.1, 0.15) is 280 Å². The van der Waals surface area contributed by atoms with Crippen LogP contribution in [-0.2, 0) is 65.4 Å². The summed E-state index contributed by atoms with van der Waals surface area (Å²) in [6.07, 6.45) is 28.3. The number of carbonyl (C=O) groups is 4. The summed E-state index contributed by atoms with van der Waals surface area (Å²) in [5.74, 6) is 0.699. The van der Waals surface area contributed by atoms with Crippen molar-refractivity contribution in [1.29, 1.82) is 0 Å². The maximum atomic E-state index is 12.9. The Morgan fingerprint density at radius 3 is 0.899 bits per heavy atom. The topological polar surface area (TPSA) is 237 Å². The lowest BCUT2D eigenvalue weighted by atomic mass is 10.00. The van der Waals surface area contributed by atoms with Gasteiger partial charge in [0, 0.05) is 25.7 Å². The van der Waals surface area contributed by atoms with Crippen LogP contribution in [0.4, 0.5) is 0 Å². The first-order valence-electron chi connectivity index (χ1n) is 31.3. The van der Waals surface area contributed by atoms with Crippen LogP contribution in [0.2, 0.25) is 0 Å². The van der Waals surface area contributed by atoms with Gasteiger partial charge in [-0.3, -0.25) is 37.3 Å². The number of hydrogen-bond acceptors (Lipinski definition) is 15. The average Bonchev–Trinajstić information content (AvgIpc) is 3.41. The SMILES string of the molecule is CCC(C)CCCCCCCCC(=O)OC[C@H](COP(=O)(O)OC[C@H](O)COP(=O)(O)OC[C@@H](COC(=O)CCCCCCCCC(C)C)OC(=O)CCCCCCCCC(C)CC)OC(=O)CCCCCCCCC(C)CC. The van der Waals surface area contributed by atoms with Crippen molar-refractivity contribution in [2.75, 3.05) is 39.6 Å². The van der Waals surface area contributed by atoms with Crippen molar-refractivity contribution in [3.8, 4) is 0 Å². The number of aliphatic hydroxyl groups excluding tert-OH is 1. The lowest BCUT2D eigenvalue weighted by Gasteiger charge is -2.21. The van der Waals surface area contributed by atoms with Crippen LogP contribution >= 0.6 is 15.6 Å². The number of ether oxygens (including phenoxy) is 4. The molecular weight excluding hydrogens is 1050 g/mol. The molecule has 0 bridgehead atoms. The van der Waals surface area contributed by atoms with E-state index in [0.29, 0.717) is 31.6 Å². The molecule has 0 fully saturated rings. The van der Waals surface area contributed by atoms with E-state index in [0.717, 1.165) is 120 Å². The number of rotatable bonds is 57. The number of phosphoric ester groups is 2. The highest BCUT2D eigenvalue weighted by molar-refractivity contribution is 7.47. The zero-order valence-electron chi connectivity index (χ0n) is 51.0. The van der Waals surface area contributed by atoms with E-state index >= 15 is 0 Å². The molecule has 3 N–H and O–H groups in total. The maximum Gasteiger partial charge on any atom is 0.472 e. The minimum absolute atomic E-state index is 0.101. The first-order chi connectivity index (χ1) is 37.7. The van der Waals surface area contributed by atoms with E-state index in [2.05, 4.69) is 55.4 Å². The third-order valence-electron chi connectivity index (χ3n) is 14.7. The molecule has 0 heterocycles. The molecule has 5 unspecified atom stereocenters. The molecule has 19 heteroatoms. The predicted octanol–water partition coefficient (Wildman–Crippen LogP) is 15.8. The summed E-state index contributed by atoms with van der Waals surface area (Å²) < 4.78 is 67.8. The van der Waals surface area contributed by atoms with Crippen molar-refractivity contribution in [3.63, 3.8) is 0 Å². The Morgan fingerprint density at radius 2 is 0.608 bits per heavy atom. The van der Waals surface area contributed by atoms with Crippen LogP contribution in [0.5, 0.6) is 0 Å². The molecule has 0 aromatic heterocycles. The molecule has 0 aliphatic rings. The monoisotopic (exact) mass is 1170 g/mol. The Balaban J connectivity index is 5.27. The molecule has 0 amide bonds. The van der Waals surface area contributed by atoms with Crippen LogP contribution in [-0.4, -0.2) is 96.7 Å². The summed E-state index contributed by atoms with van der Waals surface area (Å²) in [6, 6.07) is 0. The van der Waals surface area contributed by atoms with Crippen molar-refractivity contribution < 1.29 is 80.2 Å². The molecule has 0 spiro atoms. The Morgan fingerprint density at radius 1 is 0.354 bits per heavy atom. The van der Waals surface area contributed by atoms with Gasteiger partial charge in [0.25, 0.3) is 0 Å². The fraction of sp³-hybridized carbons (Fsp3) is 0.933. The van der Waals surface area contributed by atoms with Crippen LogP contribution in [0.15, 0.2) is 0 Å². The number of aliphatic hydroxyl groups is 1. The van der Waals surface area contributed by atoms with Gasteiger partial charge in [0.05, 0.1) is 26.4 Å². The van der Waals surface area contributed by atoms with Crippen LogP contribution < -0.4 is 0 Å². The molecule has 17 nitrogen and oxygen atoms in total. The van der Waals surface area contributed by atoms with E-state index in [-0.39, 0.29) is 25.7 Å². The Bertz CT molecular complexity index is 1600. The highest BCUT2D eigenvalue weighted by atomic mass is 31.2. The molecule has 0 aromatic rings. The summed E-state index contributed by atoms with van der Waals surface area (Å²) >= 11 is 0. The second-order valence-electron chi connectivity index (χ2n) is 22.9. The second-order valence-corrected chi connectivity index (χ2v) is 25.8. The first kappa shape index (κ1) is 77.1. The zero-order valence-corrected chi connectivity index (χ0v) is 52.8. The van der Waals surface area contributed by atoms with Gasteiger partial charge in [0.1, 0.15) is 19.3 Å². The highest BCUT2D eigenvalue weighted by Crippen LogP contribution is 2.45. The summed E-state index contributed by atoms with van der Waals surface area (Å²) in [6.45, 7) is 13.8. The number of phosphoric acid groups is 2. The van der Waals surface area contributed by atoms with Crippen LogP contribution in [0.25, 0.3) is 0 Å². The van der Waals surface area contributed by atoms with E-state index < -0.39 is 97.5 Å². The lowest BCUT2D eigenvalue weighted by Crippen LogP contribution is -2.30. The molecule has 0 saturated carbocycles. The molecule has 0 aliphatic carbocycles. The second kappa shape index (κ2) is 50.6. The summed E-state index contributed by atoms with van der Waals surface area (Å²) in [5, 5.41) is 10.5. The van der Waals surface area contributed by atoms with Gasteiger partial charge in [0.15, 0.2) is 12.2 Å². The van der Waals surface area contributed by atoms with Gasteiger partial charge in [-0.15, -0.1) is 0 Å². The number of hydrogen-bond donors (Lipinski definition) is 3. The van der Waals surface area contributed by atoms with Gasteiger partial charge in [-0.25, -0.2) is 9.13 Å².